The van der Waals surface area contributed by atoms with Crippen LogP contribution < -0.4 is 26.2 Å². The summed E-state index contributed by atoms with van der Waals surface area (Å²) in [6.45, 7) is 42.0. The first-order valence-electron chi connectivity index (χ1n) is 38.7. The average molecular weight is 1390 g/mol. The number of fused-ring (bicyclic) bond motifs is 10. The highest BCUT2D eigenvalue weighted by Crippen LogP contribution is 2.55. The second-order valence-electron chi connectivity index (χ2n) is 36.7. The maximum absolute atomic E-state index is 2.72. The normalized spacial score (nSPS) is 13.5. The van der Waals surface area contributed by atoms with Gasteiger partial charge in [0, 0.05) is 77.9 Å². The van der Waals surface area contributed by atoms with Crippen LogP contribution in [0.25, 0.3) is 99.5 Å². The van der Waals surface area contributed by atoms with Crippen LogP contribution in [0.2, 0.25) is 0 Å². The number of nitrogens with zero attached hydrogens (tertiary/aromatic N) is 4. The van der Waals surface area contributed by atoms with Gasteiger partial charge in [-0.05, 0) is 189 Å². The lowest BCUT2D eigenvalue weighted by Crippen LogP contribution is -2.61. The predicted molar refractivity (Wildman–Crippen MR) is 463 cm³/mol. The largest absolute Gasteiger partial charge is 0.310 e. The topological polar surface area (TPSA) is 16.3 Å². The first-order valence-corrected chi connectivity index (χ1v) is 38.7. The number of hydrogen-bond acceptors (Lipinski definition) is 2. The minimum atomic E-state index is -0.235. The molecule has 0 N–H and O–H groups in total. The highest BCUT2D eigenvalue weighted by molar-refractivity contribution is 7.00. The van der Waals surface area contributed by atoms with Crippen LogP contribution in [0.15, 0.2) is 273 Å². The van der Waals surface area contributed by atoms with E-state index in [1.165, 1.54) is 116 Å². The van der Waals surface area contributed by atoms with E-state index in [1.54, 1.807) is 0 Å². The SMILES string of the molecule is CC(C)(C)c1cc(-c2ccccc2)c(N2c3cc(-n4c5cc(C(C)(C)C)ccc5c5ccc(C(C)(C)C)cc54)ccc3B3c4ccc(-n5c6cc(C(C)(C)C)ccc6c6ccc(C(C)(C)C)cc65)cc4N(c4c(-c5ccccc5)cc(C(C)(C)C)cc4-c4ccccc4)c4cccc2c43)c(-c2ccccc2)c1. The monoisotopic (exact) mass is 1390 g/mol. The molecule has 0 aliphatic carbocycles. The van der Waals surface area contributed by atoms with Crippen LogP contribution in [0.3, 0.4) is 0 Å². The number of rotatable bonds is 8. The van der Waals surface area contributed by atoms with Crippen molar-refractivity contribution in [1.29, 1.82) is 0 Å². The third-order valence-electron chi connectivity index (χ3n) is 23.2. The third-order valence-corrected chi connectivity index (χ3v) is 23.2. The molecule has 2 aliphatic heterocycles. The molecule has 0 unspecified atom stereocenters. The van der Waals surface area contributed by atoms with Gasteiger partial charge in [-0.15, -0.1) is 0 Å². The van der Waals surface area contributed by atoms with Crippen molar-refractivity contribution in [2.24, 2.45) is 0 Å². The van der Waals surface area contributed by atoms with Crippen LogP contribution in [-0.4, -0.2) is 15.8 Å². The molecule has 0 fully saturated rings. The van der Waals surface area contributed by atoms with E-state index >= 15 is 0 Å². The molecule has 0 radical (unpaired) electrons. The summed E-state index contributed by atoms with van der Waals surface area (Å²) in [5.41, 5.74) is 34.0. The number of hydrogen-bond donors (Lipinski definition) is 0. The van der Waals surface area contributed by atoms with E-state index in [-0.39, 0.29) is 39.2 Å². The van der Waals surface area contributed by atoms with Crippen molar-refractivity contribution in [3.05, 3.63) is 306 Å². The van der Waals surface area contributed by atoms with Gasteiger partial charge in [0.15, 0.2) is 0 Å². The summed E-state index contributed by atoms with van der Waals surface area (Å²) < 4.78 is 5.20. The number of anilines is 6. The molecule has 530 valence electrons. The maximum Gasteiger partial charge on any atom is 0.252 e. The van der Waals surface area contributed by atoms with E-state index in [0.29, 0.717) is 0 Å². The van der Waals surface area contributed by atoms with Crippen LogP contribution in [0.5, 0.6) is 0 Å². The molecule has 5 heteroatoms. The van der Waals surface area contributed by atoms with Gasteiger partial charge in [-0.3, -0.25) is 0 Å². The Balaban J connectivity index is 1.05. The average Bonchev–Trinajstić information content (AvgIpc) is 1.41. The number of aromatic nitrogens is 2. The predicted octanol–water partition coefficient (Wildman–Crippen LogP) is 26.4. The van der Waals surface area contributed by atoms with Crippen molar-refractivity contribution >= 4 is 101 Å². The lowest BCUT2D eigenvalue weighted by molar-refractivity contribution is 0.590. The summed E-state index contributed by atoms with van der Waals surface area (Å²) in [7, 11) is 0. The molecule has 0 bridgehead atoms. The zero-order chi connectivity index (χ0) is 74.8. The molecule has 2 aromatic heterocycles. The molecule has 13 aromatic carbocycles. The molecular weight excluding hydrogens is 1290 g/mol. The Morgan fingerprint density at radius 3 is 0.738 bits per heavy atom. The molecule has 107 heavy (non-hydrogen) atoms. The number of benzene rings is 13. The summed E-state index contributed by atoms with van der Waals surface area (Å²) in [5.74, 6) is 0. The zero-order valence-electron chi connectivity index (χ0n) is 65.8. The Kier molecular flexibility index (Phi) is 16.1. The lowest BCUT2D eigenvalue weighted by atomic mass is 9.33. The molecule has 0 atom stereocenters. The van der Waals surface area contributed by atoms with Crippen molar-refractivity contribution in [2.45, 2.75) is 157 Å². The Bertz CT molecular complexity index is 5410. The van der Waals surface area contributed by atoms with Crippen molar-refractivity contribution < 1.29 is 0 Å². The van der Waals surface area contributed by atoms with Crippen molar-refractivity contribution in [2.75, 3.05) is 9.80 Å². The highest BCUT2D eigenvalue weighted by atomic mass is 15.2. The second kappa shape index (κ2) is 24.9. The summed E-state index contributed by atoms with van der Waals surface area (Å²) in [6.07, 6.45) is 0. The van der Waals surface area contributed by atoms with Crippen LogP contribution >= 0.6 is 0 Å². The molecule has 4 heterocycles. The van der Waals surface area contributed by atoms with Gasteiger partial charge in [0.1, 0.15) is 0 Å². The minimum Gasteiger partial charge on any atom is -0.310 e. The Morgan fingerprint density at radius 2 is 0.486 bits per heavy atom. The lowest BCUT2D eigenvalue weighted by Gasteiger charge is -2.46. The minimum absolute atomic E-state index is 0.0895. The van der Waals surface area contributed by atoms with Crippen molar-refractivity contribution in [3.63, 3.8) is 0 Å². The second-order valence-corrected chi connectivity index (χ2v) is 36.7. The molecule has 15 aromatic rings. The fourth-order valence-electron chi connectivity index (χ4n) is 17.1. The summed E-state index contributed by atoms with van der Waals surface area (Å²) >= 11 is 0. The van der Waals surface area contributed by atoms with Crippen LogP contribution in [0.1, 0.15) is 158 Å². The third kappa shape index (κ3) is 11.7. The molecule has 2 aliphatic rings. The fraction of sp³-hybridized carbons (Fsp3) is 0.235. The van der Waals surface area contributed by atoms with Crippen LogP contribution in [-0.2, 0) is 32.5 Å². The first kappa shape index (κ1) is 69.2. The van der Waals surface area contributed by atoms with Gasteiger partial charge in [0.25, 0.3) is 6.71 Å². The first-order chi connectivity index (χ1) is 50.9. The van der Waals surface area contributed by atoms with Gasteiger partial charge >= 0.3 is 0 Å². The Labute approximate surface area is 635 Å². The van der Waals surface area contributed by atoms with E-state index < -0.39 is 0 Å². The van der Waals surface area contributed by atoms with Gasteiger partial charge in [-0.1, -0.05) is 313 Å². The van der Waals surface area contributed by atoms with Crippen molar-refractivity contribution in [1.82, 2.24) is 9.13 Å². The molecular formula is C102H99BN4. The van der Waals surface area contributed by atoms with E-state index in [2.05, 4.69) is 417 Å². The Morgan fingerprint density at radius 1 is 0.224 bits per heavy atom. The molecule has 0 spiro atoms. The molecule has 0 saturated carbocycles. The van der Waals surface area contributed by atoms with E-state index in [4.69, 9.17) is 0 Å². The van der Waals surface area contributed by atoms with E-state index in [1.807, 2.05) is 0 Å². The zero-order valence-corrected chi connectivity index (χ0v) is 65.8. The van der Waals surface area contributed by atoms with E-state index in [0.717, 1.165) is 67.8 Å². The fourth-order valence-corrected chi connectivity index (χ4v) is 17.1. The van der Waals surface area contributed by atoms with Gasteiger partial charge in [-0.2, -0.15) is 0 Å². The molecule has 17 rings (SSSR count). The van der Waals surface area contributed by atoms with Crippen LogP contribution in [0, 0.1) is 0 Å². The molecule has 4 nitrogen and oxygen atoms in total. The Hall–Kier alpha value is -10.9. The highest BCUT2D eigenvalue weighted by Gasteiger charge is 2.46. The molecule has 0 amide bonds. The van der Waals surface area contributed by atoms with Gasteiger partial charge in [-0.25, -0.2) is 0 Å². The van der Waals surface area contributed by atoms with Crippen molar-refractivity contribution in [3.8, 4) is 55.9 Å². The smallest absolute Gasteiger partial charge is 0.252 e. The van der Waals surface area contributed by atoms with Gasteiger partial charge in [0.05, 0.1) is 33.4 Å². The quantitative estimate of drug-likeness (QED) is 0.141. The maximum atomic E-state index is 2.72. The summed E-state index contributed by atoms with van der Waals surface area (Å²) in [4.78, 5) is 5.43. The van der Waals surface area contributed by atoms with Gasteiger partial charge < -0.3 is 18.9 Å². The van der Waals surface area contributed by atoms with Crippen LogP contribution in [0.4, 0.5) is 34.1 Å². The summed E-state index contributed by atoms with van der Waals surface area (Å²) in [5, 5.41) is 4.99. The summed E-state index contributed by atoms with van der Waals surface area (Å²) in [6, 6.07) is 106. The van der Waals surface area contributed by atoms with E-state index in [9.17, 15) is 0 Å². The standard InChI is InChI=1S/C102H99BN4/c1-97(2,3)68-42-48-76-77-49-43-69(98(4,5)6)59-89(77)104(88(76)58-68)74-46-52-84-92(62-74)106(95-80(64-32-23-19-24-33-64)54-72(101(13,14)15)55-81(95)65-34-25-20-26-35-65)86-40-31-41-87-94(86)103(84)85-53-47-75(105-90-60-70(99(7,8)9)44-50-78(90)79-51-45-71(61-91(79)105)100(10,11)12)63-93(85)107(87)96-82(66-36-27-21-28-37-66)56-73(102(16,17)18)57-83(96)67-38-29-22-30-39-67/h19-63H,1-18H3. The van der Waals surface area contributed by atoms with Gasteiger partial charge in [0.2, 0.25) is 0 Å². The molecule has 0 saturated heterocycles.